The Morgan fingerprint density at radius 3 is 2.46 bits per heavy atom. The van der Waals surface area contributed by atoms with E-state index in [1.807, 2.05) is 0 Å². The lowest BCUT2D eigenvalue weighted by atomic mass is 10.1. The smallest absolute Gasteiger partial charge is 0.276 e. The van der Waals surface area contributed by atoms with Crippen LogP contribution in [0.2, 0.25) is 0 Å². The molecule has 0 saturated heterocycles. The Kier molecular flexibility index (Phi) is 7.60. The number of halogens is 3. The fourth-order valence-electron chi connectivity index (χ4n) is 3.38. The average molecular weight is 523 g/mol. The predicted octanol–water partition coefficient (Wildman–Crippen LogP) is 5.96. The van der Waals surface area contributed by atoms with Crippen molar-refractivity contribution in [2.45, 2.75) is 10.9 Å². The highest BCUT2D eigenvalue weighted by atomic mass is 32.2. The molecule has 0 aliphatic rings. The summed E-state index contributed by atoms with van der Waals surface area (Å²) in [6.45, 7) is 7.38. The molecule has 0 atom stereocenters. The number of H-pyrrole nitrogens is 1. The molecule has 3 aromatic carbocycles. The number of aromatic amines is 1. The molecule has 37 heavy (non-hydrogen) atoms. The average Bonchev–Trinajstić information content (AvgIpc) is 2.87. The highest BCUT2D eigenvalue weighted by Crippen LogP contribution is 2.30. The van der Waals surface area contributed by atoms with Gasteiger partial charge < -0.3 is 15.0 Å². The summed E-state index contributed by atoms with van der Waals surface area (Å²) in [5.41, 5.74) is 0.282. The maximum atomic E-state index is 13.8. The molecule has 7 nitrogen and oxygen atoms in total. The summed E-state index contributed by atoms with van der Waals surface area (Å²) in [6, 6.07) is 14.2. The quantitative estimate of drug-likeness (QED) is 0.178. The number of benzene rings is 3. The number of anilines is 1. The molecule has 1 amide bonds. The van der Waals surface area contributed by atoms with E-state index in [0.717, 1.165) is 5.56 Å². The molecular weight excluding hydrogens is 505 g/mol. The minimum atomic E-state index is -1.30. The molecule has 0 spiro atoms. The molecule has 0 bridgehead atoms. The van der Waals surface area contributed by atoms with Crippen LogP contribution in [0.1, 0.15) is 15.9 Å². The fourth-order valence-corrected chi connectivity index (χ4v) is 4.20. The van der Waals surface area contributed by atoms with Crippen LogP contribution in [-0.2, 0) is 5.75 Å². The molecule has 0 aliphatic carbocycles. The summed E-state index contributed by atoms with van der Waals surface area (Å²) in [6.07, 6.45) is 0. The number of thioether (sulfide) groups is 1. The van der Waals surface area contributed by atoms with Gasteiger partial charge in [0, 0.05) is 23.6 Å². The molecule has 0 aliphatic heterocycles. The Bertz CT molecular complexity index is 1560. The number of amides is 1. The van der Waals surface area contributed by atoms with Crippen molar-refractivity contribution in [2.24, 2.45) is 0 Å². The van der Waals surface area contributed by atoms with Crippen molar-refractivity contribution in [2.75, 3.05) is 12.4 Å². The van der Waals surface area contributed by atoms with Crippen LogP contribution in [0.15, 0.2) is 70.6 Å². The Hall–Kier alpha value is -4.56. The van der Waals surface area contributed by atoms with Gasteiger partial charge in [-0.3, -0.25) is 9.59 Å². The molecule has 0 unspecified atom stereocenters. The van der Waals surface area contributed by atoms with Crippen molar-refractivity contribution >= 4 is 29.0 Å². The number of nitrogens with one attached hydrogen (secondary N) is 2. The lowest BCUT2D eigenvalue weighted by Crippen LogP contribution is -2.16. The second kappa shape index (κ2) is 11.0. The Morgan fingerprint density at radius 1 is 1.11 bits per heavy atom. The summed E-state index contributed by atoms with van der Waals surface area (Å²) in [7, 11) is 1.51. The summed E-state index contributed by atoms with van der Waals surface area (Å²) in [5, 5.41) is 2.67. The third kappa shape index (κ3) is 5.82. The van der Waals surface area contributed by atoms with Gasteiger partial charge in [0.15, 0.2) is 5.16 Å². The largest absolute Gasteiger partial charge is 0.497 e. The van der Waals surface area contributed by atoms with Crippen molar-refractivity contribution < 1.29 is 22.7 Å². The third-order valence-corrected chi connectivity index (χ3v) is 6.09. The normalized spacial score (nSPS) is 10.6. The first-order valence-electron chi connectivity index (χ1n) is 10.6. The van der Waals surface area contributed by atoms with Crippen LogP contribution in [0.25, 0.3) is 16.1 Å². The van der Waals surface area contributed by atoms with E-state index in [2.05, 4.69) is 20.1 Å². The topological polar surface area (TPSA) is 88.4 Å². The first kappa shape index (κ1) is 25.5. The Labute approximate surface area is 213 Å². The SMILES string of the molecule is [C-]#[N+]c1c(-c2cccc(OC)c2)nc(SCc2ccc(NC(=O)c3c(F)cc(F)cc3F)cc2)[nH]c1=O. The van der Waals surface area contributed by atoms with E-state index in [0.29, 0.717) is 34.4 Å². The van der Waals surface area contributed by atoms with E-state index in [9.17, 15) is 22.8 Å². The van der Waals surface area contributed by atoms with Crippen LogP contribution in [-0.4, -0.2) is 23.0 Å². The Balaban J connectivity index is 1.48. The highest BCUT2D eigenvalue weighted by Gasteiger charge is 2.19. The van der Waals surface area contributed by atoms with Crippen LogP contribution in [0.5, 0.6) is 5.75 Å². The molecule has 1 heterocycles. The molecule has 0 saturated carbocycles. The van der Waals surface area contributed by atoms with Crippen molar-refractivity contribution in [3.05, 3.63) is 111 Å². The van der Waals surface area contributed by atoms with E-state index in [1.165, 1.54) is 31.0 Å². The van der Waals surface area contributed by atoms with Gasteiger partial charge in [0.2, 0.25) is 0 Å². The van der Waals surface area contributed by atoms with Gasteiger partial charge in [-0.2, -0.15) is 0 Å². The van der Waals surface area contributed by atoms with E-state index >= 15 is 0 Å². The molecule has 4 rings (SSSR count). The molecule has 11 heteroatoms. The lowest BCUT2D eigenvalue weighted by Gasteiger charge is -2.09. The number of rotatable bonds is 7. The number of hydrogen-bond donors (Lipinski definition) is 2. The molecular formula is C26H17F3N4O3S. The molecule has 0 fully saturated rings. The van der Waals surface area contributed by atoms with Crippen molar-refractivity contribution in [3.63, 3.8) is 0 Å². The van der Waals surface area contributed by atoms with Gasteiger partial charge in [-0.25, -0.2) is 23.0 Å². The van der Waals surface area contributed by atoms with Crippen molar-refractivity contribution in [1.82, 2.24) is 9.97 Å². The fraction of sp³-hybridized carbons (Fsp3) is 0.0769. The van der Waals surface area contributed by atoms with Crippen LogP contribution in [0.3, 0.4) is 0 Å². The number of methoxy groups -OCH3 is 1. The standard InChI is InChI=1S/C26H17F3N4O3S/c1-30-23-22(15-4-3-5-18(10-15)36-2)32-26(33-25(23)35)37-13-14-6-8-17(9-7-14)31-24(34)21-19(28)11-16(27)12-20(21)29/h3-12H,13H2,2H3,(H,31,34)(H,32,33,35). The van der Waals surface area contributed by atoms with Crippen LogP contribution >= 0.6 is 11.8 Å². The second-order valence-electron chi connectivity index (χ2n) is 7.60. The van der Waals surface area contributed by atoms with Gasteiger partial charge >= 0.3 is 0 Å². The number of carbonyl (C=O) groups excluding carboxylic acids is 1. The Morgan fingerprint density at radius 2 is 1.81 bits per heavy atom. The maximum absolute atomic E-state index is 13.8. The summed E-state index contributed by atoms with van der Waals surface area (Å²) < 4.78 is 46.0. The predicted molar refractivity (Wildman–Crippen MR) is 133 cm³/mol. The van der Waals surface area contributed by atoms with Crippen LogP contribution < -0.4 is 15.6 Å². The number of ether oxygens (including phenoxy) is 1. The summed E-state index contributed by atoms with van der Waals surface area (Å²) in [4.78, 5) is 35.1. The van der Waals surface area contributed by atoms with E-state index in [4.69, 9.17) is 11.3 Å². The van der Waals surface area contributed by atoms with Gasteiger partial charge in [0.25, 0.3) is 17.2 Å². The minimum Gasteiger partial charge on any atom is -0.497 e. The molecule has 1 aromatic heterocycles. The molecule has 186 valence electrons. The van der Waals surface area contributed by atoms with Gasteiger partial charge in [0.1, 0.15) is 28.8 Å². The summed E-state index contributed by atoms with van der Waals surface area (Å²) in [5.74, 6) is -3.84. The highest BCUT2D eigenvalue weighted by molar-refractivity contribution is 7.98. The van der Waals surface area contributed by atoms with Gasteiger partial charge in [-0.15, -0.1) is 0 Å². The summed E-state index contributed by atoms with van der Waals surface area (Å²) >= 11 is 1.22. The second-order valence-corrected chi connectivity index (χ2v) is 8.56. The van der Waals surface area contributed by atoms with Crippen LogP contribution in [0.4, 0.5) is 24.5 Å². The lowest BCUT2D eigenvalue weighted by molar-refractivity contribution is 0.101. The first-order valence-corrected chi connectivity index (χ1v) is 11.6. The first-order chi connectivity index (χ1) is 17.8. The third-order valence-electron chi connectivity index (χ3n) is 5.15. The monoisotopic (exact) mass is 522 g/mol. The number of nitrogens with zero attached hydrogens (tertiary/aromatic N) is 2. The number of aromatic nitrogens is 2. The molecule has 4 aromatic rings. The number of carbonyl (C=O) groups is 1. The van der Waals surface area contributed by atoms with E-state index in [1.54, 1.807) is 36.4 Å². The van der Waals surface area contributed by atoms with Gasteiger partial charge in [0.05, 0.1) is 19.4 Å². The molecule has 0 radical (unpaired) electrons. The minimum absolute atomic E-state index is 0.133. The van der Waals surface area contributed by atoms with E-state index in [-0.39, 0.29) is 17.1 Å². The zero-order chi connectivity index (χ0) is 26.5. The van der Waals surface area contributed by atoms with E-state index < -0.39 is 34.5 Å². The van der Waals surface area contributed by atoms with Crippen LogP contribution in [0, 0.1) is 24.0 Å². The van der Waals surface area contributed by atoms with Gasteiger partial charge in [-0.05, 0) is 35.4 Å². The van der Waals surface area contributed by atoms with Gasteiger partial charge in [-0.1, -0.05) is 36.0 Å². The maximum Gasteiger partial charge on any atom is 0.276 e. The zero-order valence-electron chi connectivity index (χ0n) is 19.1. The number of hydrogen-bond acceptors (Lipinski definition) is 5. The zero-order valence-corrected chi connectivity index (χ0v) is 20.0. The van der Waals surface area contributed by atoms with Crippen molar-refractivity contribution in [1.29, 1.82) is 0 Å². The molecule has 2 N–H and O–H groups in total. The van der Waals surface area contributed by atoms with Crippen molar-refractivity contribution in [3.8, 4) is 17.0 Å².